The molecular formula is C16H17BrClNO. The Morgan fingerprint density at radius 1 is 1.20 bits per heavy atom. The Kier molecular flexibility index (Phi) is 5.08. The molecule has 4 heteroatoms. The van der Waals surface area contributed by atoms with Crippen molar-refractivity contribution in [2.24, 2.45) is 0 Å². The SMILES string of the molecule is CC(O)c1ccc(N(C)Cc2ccc(Br)cc2)c(Cl)c1. The minimum absolute atomic E-state index is 0.502. The lowest BCUT2D eigenvalue weighted by Gasteiger charge is -2.21. The molecule has 1 atom stereocenters. The molecule has 0 bridgehead atoms. The van der Waals surface area contributed by atoms with Crippen LogP contribution in [0, 0.1) is 0 Å². The highest BCUT2D eigenvalue weighted by Crippen LogP contribution is 2.29. The molecule has 20 heavy (non-hydrogen) atoms. The topological polar surface area (TPSA) is 23.5 Å². The second kappa shape index (κ2) is 6.61. The van der Waals surface area contributed by atoms with Crippen LogP contribution in [0.2, 0.25) is 5.02 Å². The van der Waals surface area contributed by atoms with Gasteiger partial charge in [0.1, 0.15) is 0 Å². The number of aliphatic hydroxyl groups excluding tert-OH is 1. The highest BCUT2D eigenvalue weighted by molar-refractivity contribution is 9.10. The molecule has 0 fully saturated rings. The van der Waals surface area contributed by atoms with Gasteiger partial charge in [-0.3, -0.25) is 0 Å². The van der Waals surface area contributed by atoms with E-state index in [4.69, 9.17) is 11.6 Å². The maximum absolute atomic E-state index is 9.56. The van der Waals surface area contributed by atoms with Crippen LogP contribution < -0.4 is 4.90 Å². The molecule has 0 amide bonds. The molecule has 2 aromatic rings. The Balaban J connectivity index is 2.16. The molecule has 2 aromatic carbocycles. The van der Waals surface area contributed by atoms with Crippen molar-refractivity contribution in [1.29, 1.82) is 0 Å². The monoisotopic (exact) mass is 353 g/mol. The van der Waals surface area contributed by atoms with Gasteiger partial charge in [0.25, 0.3) is 0 Å². The van der Waals surface area contributed by atoms with Gasteiger partial charge >= 0.3 is 0 Å². The van der Waals surface area contributed by atoms with Crippen molar-refractivity contribution in [1.82, 2.24) is 0 Å². The van der Waals surface area contributed by atoms with Crippen LogP contribution in [0.25, 0.3) is 0 Å². The van der Waals surface area contributed by atoms with E-state index in [1.54, 1.807) is 6.92 Å². The van der Waals surface area contributed by atoms with E-state index < -0.39 is 6.10 Å². The predicted octanol–water partition coefficient (Wildman–Crippen LogP) is 4.79. The normalized spacial score (nSPS) is 12.2. The zero-order valence-electron chi connectivity index (χ0n) is 11.5. The average molecular weight is 355 g/mol. The van der Waals surface area contributed by atoms with Crippen LogP contribution >= 0.6 is 27.5 Å². The summed E-state index contributed by atoms with van der Waals surface area (Å²) in [5.74, 6) is 0. The van der Waals surface area contributed by atoms with Crippen molar-refractivity contribution in [2.45, 2.75) is 19.6 Å². The number of aliphatic hydroxyl groups is 1. The van der Waals surface area contributed by atoms with Crippen LogP contribution in [0.3, 0.4) is 0 Å². The Morgan fingerprint density at radius 2 is 1.85 bits per heavy atom. The van der Waals surface area contributed by atoms with E-state index in [1.165, 1.54) is 5.56 Å². The molecule has 0 radical (unpaired) electrons. The average Bonchev–Trinajstić information content (AvgIpc) is 2.41. The summed E-state index contributed by atoms with van der Waals surface area (Å²) in [6.45, 7) is 2.51. The van der Waals surface area contributed by atoms with Gasteiger partial charge in [0.15, 0.2) is 0 Å². The Morgan fingerprint density at radius 3 is 2.40 bits per heavy atom. The molecule has 0 aliphatic heterocycles. The molecule has 106 valence electrons. The van der Waals surface area contributed by atoms with Gasteiger partial charge in [-0.1, -0.05) is 45.7 Å². The minimum Gasteiger partial charge on any atom is -0.389 e. The molecule has 0 aliphatic carbocycles. The molecule has 0 aromatic heterocycles. The first-order chi connectivity index (χ1) is 9.47. The van der Waals surface area contributed by atoms with E-state index in [-0.39, 0.29) is 0 Å². The third-order valence-corrected chi connectivity index (χ3v) is 4.03. The molecule has 0 aliphatic rings. The fourth-order valence-electron chi connectivity index (χ4n) is 2.04. The lowest BCUT2D eigenvalue weighted by molar-refractivity contribution is 0.199. The summed E-state index contributed by atoms with van der Waals surface area (Å²) in [6, 6.07) is 13.9. The van der Waals surface area contributed by atoms with Crippen molar-refractivity contribution in [3.63, 3.8) is 0 Å². The Labute approximate surface area is 133 Å². The van der Waals surface area contributed by atoms with E-state index in [0.29, 0.717) is 5.02 Å². The summed E-state index contributed by atoms with van der Waals surface area (Å²) >= 11 is 9.73. The van der Waals surface area contributed by atoms with Gasteiger partial charge in [0.2, 0.25) is 0 Å². The summed E-state index contributed by atoms with van der Waals surface area (Å²) < 4.78 is 1.07. The fourth-order valence-corrected chi connectivity index (χ4v) is 2.64. The zero-order chi connectivity index (χ0) is 14.7. The molecule has 0 saturated heterocycles. The van der Waals surface area contributed by atoms with Crippen molar-refractivity contribution in [2.75, 3.05) is 11.9 Å². The lowest BCUT2D eigenvalue weighted by Crippen LogP contribution is -2.16. The van der Waals surface area contributed by atoms with Crippen LogP contribution in [-0.2, 0) is 6.54 Å². The smallest absolute Gasteiger partial charge is 0.0762 e. The summed E-state index contributed by atoms with van der Waals surface area (Å²) in [6.07, 6.45) is -0.502. The van der Waals surface area contributed by atoms with Gasteiger partial charge in [0.05, 0.1) is 16.8 Å². The first kappa shape index (κ1) is 15.4. The Hall–Kier alpha value is -1.03. The van der Waals surface area contributed by atoms with Crippen molar-refractivity contribution < 1.29 is 5.11 Å². The largest absolute Gasteiger partial charge is 0.389 e. The molecule has 0 spiro atoms. The zero-order valence-corrected chi connectivity index (χ0v) is 13.8. The highest BCUT2D eigenvalue weighted by atomic mass is 79.9. The third kappa shape index (κ3) is 3.75. The molecule has 0 heterocycles. The number of halogens is 2. The van der Waals surface area contributed by atoms with Gasteiger partial charge in [-0.2, -0.15) is 0 Å². The number of anilines is 1. The van der Waals surface area contributed by atoms with Gasteiger partial charge in [0, 0.05) is 18.1 Å². The van der Waals surface area contributed by atoms with Gasteiger partial charge < -0.3 is 10.0 Å². The summed E-state index contributed by atoms with van der Waals surface area (Å²) in [4.78, 5) is 2.09. The van der Waals surface area contributed by atoms with E-state index in [0.717, 1.165) is 22.3 Å². The maximum Gasteiger partial charge on any atom is 0.0762 e. The van der Waals surface area contributed by atoms with Crippen molar-refractivity contribution in [3.8, 4) is 0 Å². The number of rotatable bonds is 4. The number of benzene rings is 2. The quantitative estimate of drug-likeness (QED) is 0.853. The van der Waals surface area contributed by atoms with Gasteiger partial charge in [-0.15, -0.1) is 0 Å². The van der Waals surface area contributed by atoms with E-state index >= 15 is 0 Å². The van der Waals surface area contributed by atoms with E-state index in [2.05, 4.69) is 33.0 Å². The third-order valence-electron chi connectivity index (χ3n) is 3.20. The highest BCUT2D eigenvalue weighted by Gasteiger charge is 2.09. The molecule has 2 rings (SSSR count). The molecule has 0 saturated carbocycles. The van der Waals surface area contributed by atoms with Crippen LogP contribution in [-0.4, -0.2) is 12.2 Å². The molecule has 1 N–H and O–H groups in total. The standard InChI is InChI=1S/C16H17BrClNO/c1-11(20)13-5-8-16(15(18)9-13)19(2)10-12-3-6-14(17)7-4-12/h3-9,11,20H,10H2,1-2H3. The minimum atomic E-state index is -0.502. The molecular weight excluding hydrogens is 338 g/mol. The fraction of sp³-hybridized carbons (Fsp3) is 0.250. The summed E-state index contributed by atoms with van der Waals surface area (Å²) in [5.41, 5.74) is 3.00. The van der Waals surface area contributed by atoms with E-state index in [1.807, 2.05) is 37.4 Å². The first-order valence-electron chi connectivity index (χ1n) is 6.40. The maximum atomic E-state index is 9.56. The van der Waals surface area contributed by atoms with Crippen molar-refractivity contribution >= 4 is 33.2 Å². The lowest BCUT2D eigenvalue weighted by atomic mass is 10.1. The number of nitrogens with zero attached hydrogens (tertiary/aromatic N) is 1. The Bertz CT molecular complexity index is 584. The number of hydrogen-bond donors (Lipinski definition) is 1. The van der Waals surface area contributed by atoms with Crippen LogP contribution in [0.5, 0.6) is 0 Å². The molecule has 2 nitrogen and oxygen atoms in total. The van der Waals surface area contributed by atoms with Gasteiger partial charge in [-0.05, 0) is 42.3 Å². The van der Waals surface area contributed by atoms with Gasteiger partial charge in [-0.25, -0.2) is 0 Å². The molecule has 1 unspecified atom stereocenters. The first-order valence-corrected chi connectivity index (χ1v) is 7.57. The van der Waals surface area contributed by atoms with Crippen LogP contribution in [0.1, 0.15) is 24.2 Å². The van der Waals surface area contributed by atoms with Crippen LogP contribution in [0.4, 0.5) is 5.69 Å². The summed E-state index contributed by atoms with van der Waals surface area (Å²) in [7, 11) is 2.01. The summed E-state index contributed by atoms with van der Waals surface area (Å²) in [5, 5.41) is 10.2. The van der Waals surface area contributed by atoms with Crippen molar-refractivity contribution in [3.05, 3.63) is 63.1 Å². The van der Waals surface area contributed by atoms with Crippen LogP contribution in [0.15, 0.2) is 46.9 Å². The second-order valence-electron chi connectivity index (χ2n) is 4.87. The van der Waals surface area contributed by atoms with E-state index in [9.17, 15) is 5.11 Å². The number of hydrogen-bond acceptors (Lipinski definition) is 2. The second-order valence-corrected chi connectivity index (χ2v) is 6.19. The predicted molar refractivity (Wildman–Crippen MR) is 88.3 cm³/mol.